The highest BCUT2D eigenvalue weighted by molar-refractivity contribution is 6.53. The first-order chi connectivity index (χ1) is 18.9. The number of imide groups is 1. The Hall–Kier alpha value is -4.14. The Bertz CT molecular complexity index is 1430. The van der Waals surface area contributed by atoms with Crippen molar-refractivity contribution >= 4 is 40.7 Å². The first-order valence-electron chi connectivity index (χ1n) is 12.8. The maximum Gasteiger partial charge on any atom is 0.283 e. The van der Waals surface area contributed by atoms with Crippen molar-refractivity contribution in [3.05, 3.63) is 100 Å². The summed E-state index contributed by atoms with van der Waals surface area (Å²) >= 11 is 6.30. The van der Waals surface area contributed by atoms with Crippen LogP contribution in [0.2, 0.25) is 0 Å². The molecule has 0 unspecified atom stereocenters. The van der Waals surface area contributed by atoms with Gasteiger partial charge in [-0.15, -0.1) is 0 Å². The fraction of sp³-hybridized carbons (Fsp3) is 0.233. The van der Waals surface area contributed by atoms with Gasteiger partial charge in [-0.2, -0.15) is 0 Å². The number of halogens is 1. The molecule has 0 aromatic heterocycles. The Morgan fingerprint density at radius 1 is 0.974 bits per heavy atom. The molecule has 2 aliphatic rings. The Labute approximate surface area is 232 Å². The van der Waals surface area contributed by atoms with E-state index in [9.17, 15) is 14.4 Å². The first-order valence-corrected chi connectivity index (χ1v) is 13.2. The molecule has 0 radical (unpaired) electrons. The van der Waals surface area contributed by atoms with Crippen molar-refractivity contribution in [1.29, 1.82) is 0 Å². The zero-order chi connectivity index (χ0) is 27.5. The predicted octanol–water partition coefficient (Wildman–Crippen LogP) is 2.98. The molecule has 3 aromatic rings. The van der Waals surface area contributed by atoms with Gasteiger partial charge in [0.15, 0.2) is 0 Å². The van der Waals surface area contributed by atoms with Gasteiger partial charge in [-0.25, -0.2) is 4.90 Å². The largest absolute Gasteiger partial charge is 0.495 e. The molecule has 2 N–H and O–H groups in total. The van der Waals surface area contributed by atoms with Crippen molar-refractivity contribution in [2.75, 3.05) is 43.5 Å². The lowest BCUT2D eigenvalue weighted by molar-refractivity contribution is -0.917. The van der Waals surface area contributed by atoms with Gasteiger partial charge in [-0.05, 0) is 48.9 Å². The van der Waals surface area contributed by atoms with Crippen LogP contribution in [0.15, 0.2) is 83.5 Å². The van der Waals surface area contributed by atoms with Crippen molar-refractivity contribution < 1.29 is 24.0 Å². The van der Waals surface area contributed by atoms with E-state index in [2.05, 4.69) is 29.6 Å². The summed E-state index contributed by atoms with van der Waals surface area (Å²) in [4.78, 5) is 43.6. The molecule has 0 spiro atoms. The second-order valence-corrected chi connectivity index (χ2v) is 10.1. The fourth-order valence-corrected chi connectivity index (χ4v) is 5.13. The van der Waals surface area contributed by atoms with Gasteiger partial charge in [-0.1, -0.05) is 48.0 Å². The third-order valence-corrected chi connectivity index (χ3v) is 7.41. The maximum atomic E-state index is 13.2. The average molecular weight is 546 g/mol. The molecular weight excluding hydrogens is 516 g/mol. The number of benzene rings is 3. The summed E-state index contributed by atoms with van der Waals surface area (Å²) in [6.07, 6.45) is 0. The third-order valence-electron chi connectivity index (χ3n) is 7.06. The number of quaternary nitrogens is 1. The molecule has 3 amide bonds. The molecule has 1 fully saturated rings. The topological polar surface area (TPSA) is 83.4 Å². The number of ether oxygens (including phenoxy) is 1. The number of amides is 3. The van der Waals surface area contributed by atoms with Crippen LogP contribution < -0.4 is 19.9 Å². The van der Waals surface area contributed by atoms with E-state index in [1.54, 1.807) is 36.4 Å². The van der Waals surface area contributed by atoms with Crippen molar-refractivity contribution in [3.8, 4) is 5.75 Å². The molecule has 0 aliphatic carbocycles. The molecule has 0 bridgehead atoms. The highest BCUT2D eigenvalue weighted by Gasteiger charge is 2.40. The van der Waals surface area contributed by atoms with E-state index in [0.29, 0.717) is 35.8 Å². The number of carbonyl (C=O) groups excluding carboxylic acids is 3. The van der Waals surface area contributed by atoms with Gasteiger partial charge < -0.3 is 19.9 Å². The van der Waals surface area contributed by atoms with E-state index in [4.69, 9.17) is 16.3 Å². The van der Waals surface area contributed by atoms with Crippen molar-refractivity contribution in [3.63, 3.8) is 0 Å². The average Bonchev–Trinajstić information content (AvgIpc) is 3.16. The number of hydrogen-bond donors (Lipinski definition) is 2. The molecule has 9 heteroatoms. The minimum atomic E-state index is -0.631. The fourth-order valence-electron chi connectivity index (χ4n) is 4.92. The molecule has 0 saturated carbocycles. The summed E-state index contributed by atoms with van der Waals surface area (Å²) in [5.41, 5.74) is 3.57. The number of carbonyl (C=O) groups is 3. The molecule has 0 atom stereocenters. The van der Waals surface area contributed by atoms with Crippen LogP contribution in [0.4, 0.5) is 11.4 Å². The minimum Gasteiger partial charge on any atom is -0.495 e. The summed E-state index contributed by atoms with van der Waals surface area (Å²) in [5, 5.41) is 2.76. The van der Waals surface area contributed by atoms with Crippen LogP contribution in [0.25, 0.3) is 0 Å². The van der Waals surface area contributed by atoms with E-state index >= 15 is 0 Å². The Balaban J connectivity index is 1.22. The molecule has 39 heavy (non-hydrogen) atoms. The quantitative estimate of drug-likeness (QED) is 0.446. The molecule has 1 saturated heterocycles. The van der Waals surface area contributed by atoms with Crippen LogP contribution in [0.1, 0.15) is 21.5 Å². The Kier molecular flexibility index (Phi) is 7.67. The van der Waals surface area contributed by atoms with E-state index in [-0.39, 0.29) is 16.6 Å². The highest BCUT2D eigenvalue weighted by Crippen LogP contribution is 2.36. The predicted molar refractivity (Wildman–Crippen MR) is 150 cm³/mol. The number of hydrogen-bond acceptors (Lipinski definition) is 5. The zero-order valence-electron chi connectivity index (χ0n) is 21.9. The molecule has 5 rings (SSSR count). The molecular formula is C30H30ClN4O4+. The number of anilines is 2. The third kappa shape index (κ3) is 5.53. The molecule has 3 aromatic carbocycles. The van der Waals surface area contributed by atoms with Crippen LogP contribution in [-0.4, -0.2) is 55.9 Å². The molecule has 8 nitrogen and oxygen atoms in total. The van der Waals surface area contributed by atoms with E-state index in [0.717, 1.165) is 30.1 Å². The lowest BCUT2D eigenvalue weighted by atomic mass is 10.1. The van der Waals surface area contributed by atoms with E-state index < -0.39 is 11.8 Å². The lowest BCUT2D eigenvalue weighted by Gasteiger charge is -2.32. The number of aryl methyl sites for hydroxylation is 1. The summed E-state index contributed by atoms with van der Waals surface area (Å²) in [7, 11) is 1.47. The second-order valence-electron chi connectivity index (χ2n) is 9.72. The lowest BCUT2D eigenvalue weighted by Crippen LogP contribution is -3.13. The van der Waals surface area contributed by atoms with Gasteiger partial charge >= 0.3 is 0 Å². The number of piperazine rings is 1. The summed E-state index contributed by atoms with van der Waals surface area (Å²) in [5.74, 6) is -0.848. The number of methoxy groups -OCH3 is 1. The first kappa shape index (κ1) is 26.5. The monoisotopic (exact) mass is 545 g/mol. The summed E-state index contributed by atoms with van der Waals surface area (Å²) < 4.78 is 5.35. The van der Waals surface area contributed by atoms with E-state index in [1.165, 1.54) is 17.6 Å². The Morgan fingerprint density at radius 3 is 2.33 bits per heavy atom. The van der Waals surface area contributed by atoms with Gasteiger partial charge in [0.1, 0.15) is 23.0 Å². The van der Waals surface area contributed by atoms with Gasteiger partial charge in [-0.3, -0.25) is 14.4 Å². The van der Waals surface area contributed by atoms with Crippen LogP contribution in [0, 0.1) is 6.92 Å². The maximum absolute atomic E-state index is 13.2. The number of nitrogens with one attached hydrogen (secondary N) is 2. The van der Waals surface area contributed by atoms with Crippen LogP contribution >= 0.6 is 11.6 Å². The molecule has 2 aliphatic heterocycles. The summed E-state index contributed by atoms with van der Waals surface area (Å²) in [6, 6.07) is 22.5. The highest BCUT2D eigenvalue weighted by atomic mass is 35.5. The summed E-state index contributed by atoms with van der Waals surface area (Å²) in [6.45, 7) is 5.99. The number of rotatable bonds is 7. The molecule has 200 valence electrons. The standard InChI is InChI=1S/C30H29ClN4O4/c1-20-8-13-25(39-2)24(18-20)35-29(37)26(31)27(30(35)38)32-23-11-9-22(10-12-23)28(36)34-16-14-33(15-17-34)19-21-6-4-3-5-7-21/h3-13,18,32H,14-17,19H2,1-2H3/p+1. The molecule has 2 heterocycles. The van der Waals surface area contributed by atoms with E-state index in [1.807, 2.05) is 24.0 Å². The van der Waals surface area contributed by atoms with Gasteiger partial charge in [0.25, 0.3) is 17.7 Å². The normalized spacial score (nSPS) is 16.2. The van der Waals surface area contributed by atoms with Crippen molar-refractivity contribution in [2.24, 2.45) is 0 Å². The number of nitrogens with zero attached hydrogens (tertiary/aromatic N) is 2. The van der Waals surface area contributed by atoms with Crippen LogP contribution in [-0.2, 0) is 16.1 Å². The SMILES string of the molecule is COc1ccc(C)cc1N1C(=O)C(Cl)=C(Nc2ccc(C(=O)N3CC[NH+](Cc4ccccc4)CC3)cc2)C1=O. The van der Waals surface area contributed by atoms with Crippen LogP contribution in [0.5, 0.6) is 5.75 Å². The Morgan fingerprint density at radius 2 is 1.67 bits per heavy atom. The van der Waals surface area contributed by atoms with Crippen LogP contribution in [0.3, 0.4) is 0 Å². The van der Waals surface area contributed by atoms with Gasteiger partial charge in [0, 0.05) is 16.8 Å². The smallest absolute Gasteiger partial charge is 0.283 e. The van der Waals surface area contributed by atoms with Gasteiger partial charge in [0.05, 0.1) is 39.0 Å². The van der Waals surface area contributed by atoms with Crippen molar-refractivity contribution in [1.82, 2.24) is 4.90 Å². The zero-order valence-corrected chi connectivity index (χ0v) is 22.6. The van der Waals surface area contributed by atoms with Gasteiger partial charge in [0.2, 0.25) is 0 Å². The second kappa shape index (κ2) is 11.3. The van der Waals surface area contributed by atoms with Crippen molar-refractivity contribution in [2.45, 2.75) is 13.5 Å². The minimum absolute atomic E-state index is 0.0256.